The second-order valence-electron chi connectivity index (χ2n) is 5.58. The highest BCUT2D eigenvalue weighted by atomic mass is 16.2. The number of likely N-dealkylation sites (tertiary alicyclic amines) is 1. The molecule has 1 aliphatic heterocycles. The van der Waals surface area contributed by atoms with E-state index < -0.39 is 0 Å². The van der Waals surface area contributed by atoms with E-state index in [-0.39, 0.29) is 0 Å². The summed E-state index contributed by atoms with van der Waals surface area (Å²) in [7, 11) is 0. The Morgan fingerprint density at radius 2 is 1.88 bits per heavy atom. The molecule has 0 bridgehead atoms. The molecule has 0 saturated carbocycles. The van der Waals surface area contributed by atoms with Gasteiger partial charge in [0.05, 0.1) is 0 Å². The summed E-state index contributed by atoms with van der Waals surface area (Å²) in [5.41, 5.74) is 0. The topological polar surface area (TPSA) is 20.3 Å². The standard InChI is InChI=1S/C14H27NO/c1-4-7-13(10-12(2)3)11-14(16)15-8-5-6-9-15/h12-13H,4-11H2,1-3H3. The predicted molar refractivity (Wildman–Crippen MR) is 68.3 cm³/mol. The van der Waals surface area contributed by atoms with Gasteiger partial charge in [-0.25, -0.2) is 0 Å². The third-order valence-electron chi connectivity index (χ3n) is 3.42. The van der Waals surface area contributed by atoms with Gasteiger partial charge in [-0.3, -0.25) is 4.79 Å². The van der Waals surface area contributed by atoms with Gasteiger partial charge in [0.1, 0.15) is 0 Å². The van der Waals surface area contributed by atoms with E-state index in [9.17, 15) is 4.79 Å². The van der Waals surface area contributed by atoms with E-state index >= 15 is 0 Å². The lowest BCUT2D eigenvalue weighted by atomic mass is 9.90. The zero-order valence-electron chi connectivity index (χ0n) is 11.2. The number of rotatable bonds is 6. The van der Waals surface area contributed by atoms with Gasteiger partial charge in [-0.15, -0.1) is 0 Å². The quantitative estimate of drug-likeness (QED) is 0.678. The van der Waals surface area contributed by atoms with Gasteiger partial charge in [0, 0.05) is 19.5 Å². The highest BCUT2D eigenvalue weighted by molar-refractivity contribution is 5.76. The second-order valence-corrected chi connectivity index (χ2v) is 5.58. The van der Waals surface area contributed by atoms with Gasteiger partial charge in [-0.1, -0.05) is 33.6 Å². The molecule has 1 aliphatic rings. The third kappa shape index (κ3) is 4.54. The van der Waals surface area contributed by atoms with Crippen LogP contribution in [0, 0.1) is 11.8 Å². The molecule has 1 unspecified atom stereocenters. The normalized spacial score (nSPS) is 18.1. The molecular formula is C14H27NO. The molecule has 1 atom stereocenters. The van der Waals surface area contributed by atoms with Gasteiger partial charge in [-0.05, 0) is 31.1 Å². The first-order chi connectivity index (χ1) is 7.63. The summed E-state index contributed by atoms with van der Waals surface area (Å²) in [5.74, 6) is 1.72. The van der Waals surface area contributed by atoms with Crippen LogP contribution in [0.4, 0.5) is 0 Å². The van der Waals surface area contributed by atoms with Crippen molar-refractivity contribution in [3.63, 3.8) is 0 Å². The van der Waals surface area contributed by atoms with Crippen LogP contribution in [0.15, 0.2) is 0 Å². The van der Waals surface area contributed by atoms with Crippen molar-refractivity contribution >= 4 is 5.91 Å². The minimum absolute atomic E-state index is 0.400. The van der Waals surface area contributed by atoms with Crippen molar-refractivity contribution in [3.05, 3.63) is 0 Å². The largest absolute Gasteiger partial charge is 0.343 e. The molecule has 0 N–H and O–H groups in total. The minimum Gasteiger partial charge on any atom is -0.343 e. The van der Waals surface area contributed by atoms with Crippen LogP contribution in [-0.4, -0.2) is 23.9 Å². The zero-order chi connectivity index (χ0) is 12.0. The zero-order valence-corrected chi connectivity index (χ0v) is 11.2. The lowest BCUT2D eigenvalue weighted by molar-refractivity contribution is -0.131. The van der Waals surface area contributed by atoms with Crippen LogP contribution in [-0.2, 0) is 4.79 Å². The smallest absolute Gasteiger partial charge is 0.222 e. The Balaban J connectivity index is 2.36. The molecule has 0 radical (unpaired) electrons. The fraction of sp³-hybridized carbons (Fsp3) is 0.929. The number of carbonyl (C=O) groups is 1. The monoisotopic (exact) mass is 225 g/mol. The maximum Gasteiger partial charge on any atom is 0.222 e. The molecule has 1 amide bonds. The summed E-state index contributed by atoms with van der Waals surface area (Å²) >= 11 is 0. The highest BCUT2D eigenvalue weighted by Gasteiger charge is 2.21. The molecule has 2 heteroatoms. The van der Waals surface area contributed by atoms with Crippen molar-refractivity contribution in [1.82, 2.24) is 4.90 Å². The predicted octanol–water partition coefficient (Wildman–Crippen LogP) is 3.46. The van der Waals surface area contributed by atoms with Crippen molar-refractivity contribution < 1.29 is 4.79 Å². The summed E-state index contributed by atoms with van der Waals surface area (Å²) < 4.78 is 0. The summed E-state index contributed by atoms with van der Waals surface area (Å²) in [6.45, 7) is 8.72. The van der Waals surface area contributed by atoms with Crippen molar-refractivity contribution in [2.45, 2.75) is 59.3 Å². The van der Waals surface area contributed by atoms with Crippen molar-refractivity contribution in [2.75, 3.05) is 13.1 Å². The molecule has 1 fully saturated rings. The van der Waals surface area contributed by atoms with E-state index in [1.165, 1.54) is 32.1 Å². The van der Waals surface area contributed by atoms with E-state index in [4.69, 9.17) is 0 Å². The molecule has 0 aromatic heterocycles. The van der Waals surface area contributed by atoms with Gasteiger partial charge < -0.3 is 4.90 Å². The van der Waals surface area contributed by atoms with E-state index in [1.54, 1.807) is 0 Å². The summed E-state index contributed by atoms with van der Waals surface area (Å²) in [6, 6.07) is 0. The van der Waals surface area contributed by atoms with Crippen LogP contribution in [0.3, 0.4) is 0 Å². The Morgan fingerprint density at radius 3 is 2.38 bits per heavy atom. The molecule has 1 rings (SSSR count). The van der Waals surface area contributed by atoms with Crippen LogP contribution in [0.2, 0.25) is 0 Å². The average Bonchev–Trinajstić information content (AvgIpc) is 2.69. The van der Waals surface area contributed by atoms with Crippen molar-refractivity contribution in [2.24, 2.45) is 11.8 Å². The Labute approximate surface area is 100 Å². The number of hydrogen-bond acceptors (Lipinski definition) is 1. The summed E-state index contributed by atoms with van der Waals surface area (Å²) in [6.07, 6.45) is 6.80. The SMILES string of the molecule is CCCC(CC(=O)N1CCCC1)CC(C)C. The van der Waals surface area contributed by atoms with E-state index in [0.717, 1.165) is 19.5 Å². The average molecular weight is 225 g/mol. The van der Waals surface area contributed by atoms with Gasteiger partial charge in [0.2, 0.25) is 5.91 Å². The number of nitrogens with zero attached hydrogens (tertiary/aromatic N) is 1. The highest BCUT2D eigenvalue weighted by Crippen LogP contribution is 2.22. The van der Waals surface area contributed by atoms with Crippen LogP contribution >= 0.6 is 0 Å². The number of carbonyl (C=O) groups excluding carboxylic acids is 1. The second kappa shape index (κ2) is 6.93. The molecule has 94 valence electrons. The first-order valence-electron chi connectivity index (χ1n) is 6.91. The molecule has 16 heavy (non-hydrogen) atoms. The van der Waals surface area contributed by atoms with Crippen LogP contribution < -0.4 is 0 Å². The molecule has 0 spiro atoms. The van der Waals surface area contributed by atoms with Gasteiger partial charge >= 0.3 is 0 Å². The van der Waals surface area contributed by atoms with Crippen LogP contribution in [0.5, 0.6) is 0 Å². The molecule has 0 aromatic carbocycles. The van der Waals surface area contributed by atoms with Crippen molar-refractivity contribution in [3.8, 4) is 0 Å². The Hall–Kier alpha value is -0.530. The summed E-state index contributed by atoms with van der Waals surface area (Å²) in [5, 5.41) is 0. The summed E-state index contributed by atoms with van der Waals surface area (Å²) in [4.78, 5) is 14.1. The van der Waals surface area contributed by atoms with E-state index in [1.807, 2.05) is 0 Å². The molecular weight excluding hydrogens is 198 g/mol. The fourth-order valence-electron chi connectivity index (χ4n) is 2.72. The number of hydrogen-bond donors (Lipinski definition) is 0. The lowest BCUT2D eigenvalue weighted by Crippen LogP contribution is -2.29. The molecule has 0 aromatic rings. The van der Waals surface area contributed by atoms with Crippen LogP contribution in [0.25, 0.3) is 0 Å². The first kappa shape index (κ1) is 13.5. The van der Waals surface area contributed by atoms with Gasteiger partial charge in [0.15, 0.2) is 0 Å². The first-order valence-corrected chi connectivity index (χ1v) is 6.91. The van der Waals surface area contributed by atoms with Gasteiger partial charge in [-0.2, -0.15) is 0 Å². The maximum atomic E-state index is 12.0. The maximum absolute atomic E-state index is 12.0. The fourth-order valence-corrected chi connectivity index (χ4v) is 2.72. The van der Waals surface area contributed by atoms with E-state index in [0.29, 0.717) is 17.7 Å². The van der Waals surface area contributed by atoms with Gasteiger partial charge in [0.25, 0.3) is 0 Å². The van der Waals surface area contributed by atoms with Crippen molar-refractivity contribution in [1.29, 1.82) is 0 Å². The molecule has 1 saturated heterocycles. The van der Waals surface area contributed by atoms with Crippen LogP contribution in [0.1, 0.15) is 59.3 Å². The third-order valence-corrected chi connectivity index (χ3v) is 3.42. The van der Waals surface area contributed by atoms with E-state index in [2.05, 4.69) is 25.7 Å². The molecule has 0 aliphatic carbocycles. The Kier molecular flexibility index (Phi) is 5.86. The molecule has 2 nitrogen and oxygen atoms in total. The molecule has 1 heterocycles. The minimum atomic E-state index is 0.400. The Morgan fingerprint density at radius 1 is 1.25 bits per heavy atom. The number of amides is 1. The Bertz CT molecular complexity index is 207. The lowest BCUT2D eigenvalue weighted by Gasteiger charge is -2.21.